The summed E-state index contributed by atoms with van der Waals surface area (Å²) in [4.78, 5) is 51.4. The van der Waals surface area contributed by atoms with Crippen LogP contribution in [0.2, 0.25) is 0 Å². The van der Waals surface area contributed by atoms with Crippen molar-refractivity contribution >= 4 is 56.7 Å². The zero-order valence-corrected chi connectivity index (χ0v) is 24.3. The van der Waals surface area contributed by atoms with Gasteiger partial charge in [0.1, 0.15) is 17.2 Å². The Labute approximate surface area is 251 Å². The third-order valence-corrected chi connectivity index (χ3v) is 8.61. The van der Waals surface area contributed by atoms with Crippen molar-refractivity contribution in [2.45, 2.75) is 12.8 Å². The predicted molar refractivity (Wildman–Crippen MR) is 163 cm³/mol. The average Bonchev–Trinajstić information content (AvgIpc) is 3.70. The molecule has 216 valence electrons. The van der Waals surface area contributed by atoms with Crippen molar-refractivity contribution in [2.75, 3.05) is 31.5 Å². The first-order chi connectivity index (χ1) is 20.9. The minimum Gasteiger partial charge on any atom is -0.496 e. The largest absolute Gasteiger partial charge is 0.496 e. The van der Waals surface area contributed by atoms with E-state index in [1.807, 2.05) is 37.3 Å². The number of aromatic nitrogens is 1. The zero-order chi connectivity index (χ0) is 30.0. The van der Waals surface area contributed by atoms with Crippen molar-refractivity contribution < 1.29 is 28.7 Å². The predicted octanol–water partition coefficient (Wildman–Crippen LogP) is 6.22. The van der Waals surface area contributed by atoms with Gasteiger partial charge in [0.25, 0.3) is 17.7 Å². The number of hydroxylamine groups is 2. The molecule has 5 aromatic rings. The molecule has 1 atom stereocenters. The van der Waals surface area contributed by atoms with Crippen molar-refractivity contribution in [3.8, 4) is 17.2 Å². The van der Waals surface area contributed by atoms with E-state index in [-0.39, 0.29) is 34.6 Å². The molecule has 0 spiro atoms. The van der Waals surface area contributed by atoms with Crippen LogP contribution in [0.4, 0.5) is 5.69 Å². The molecular weight excluding hydrogens is 570 g/mol. The number of alkyl halides is 1. The van der Waals surface area contributed by atoms with Crippen molar-refractivity contribution in [3.05, 3.63) is 94.7 Å². The molecule has 9 nitrogen and oxygen atoms in total. The van der Waals surface area contributed by atoms with Gasteiger partial charge >= 0.3 is 0 Å². The molecule has 3 amide bonds. The molecule has 10 heteroatoms. The van der Waals surface area contributed by atoms with Crippen molar-refractivity contribution in [3.63, 3.8) is 0 Å². The van der Waals surface area contributed by atoms with Gasteiger partial charge in [0.2, 0.25) is 0 Å². The van der Waals surface area contributed by atoms with Crippen molar-refractivity contribution in [1.82, 2.24) is 10.0 Å². The standard InChI is InChI=1S/C33H26ClN3O6/c1-17-26(41-2)13-18-12-24(35-29(18)30(17)42-3)33(40)36-16-19(15-34)28-21-9-5-4-8-20(21)27(14-25(28)36)43-37-31(38)22-10-6-7-11-23(22)32(37)39/h4-14,19,35H,15-16H2,1-3H3/t19-/m1/s1. The van der Waals surface area contributed by atoms with E-state index in [0.29, 0.717) is 40.3 Å². The molecule has 0 saturated heterocycles. The first kappa shape index (κ1) is 26.9. The van der Waals surface area contributed by atoms with Crippen LogP contribution in [0.5, 0.6) is 17.2 Å². The monoisotopic (exact) mass is 595 g/mol. The maximum atomic E-state index is 14.1. The van der Waals surface area contributed by atoms with Crippen molar-refractivity contribution in [1.29, 1.82) is 0 Å². The molecule has 43 heavy (non-hydrogen) atoms. The number of benzene rings is 4. The summed E-state index contributed by atoms with van der Waals surface area (Å²) in [7, 11) is 3.16. The van der Waals surface area contributed by atoms with Crippen LogP contribution in [0.25, 0.3) is 21.7 Å². The number of fused-ring (bicyclic) bond motifs is 5. The zero-order valence-electron chi connectivity index (χ0n) is 23.6. The van der Waals surface area contributed by atoms with Crippen LogP contribution in [-0.2, 0) is 0 Å². The van der Waals surface area contributed by atoms with Crippen molar-refractivity contribution in [2.24, 2.45) is 0 Å². The number of carbonyl (C=O) groups is 3. The molecule has 2 aliphatic rings. The van der Waals surface area contributed by atoms with Crippen LogP contribution in [0.15, 0.2) is 66.7 Å². The maximum absolute atomic E-state index is 14.1. The fourth-order valence-corrected chi connectivity index (χ4v) is 6.46. The van der Waals surface area contributed by atoms with Gasteiger partial charge in [-0.2, -0.15) is 0 Å². The number of rotatable bonds is 6. The van der Waals surface area contributed by atoms with Gasteiger partial charge < -0.3 is 24.2 Å². The summed E-state index contributed by atoms with van der Waals surface area (Å²) in [5.74, 6) is 0.287. The smallest absolute Gasteiger partial charge is 0.295 e. The van der Waals surface area contributed by atoms with E-state index in [1.54, 1.807) is 55.5 Å². The molecule has 0 saturated carbocycles. The van der Waals surface area contributed by atoms with Crippen LogP contribution in [0.1, 0.15) is 48.2 Å². The van der Waals surface area contributed by atoms with Crippen LogP contribution >= 0.6 is 11.6 Å². The molecule has 0 fully saturated rings. The minimum atomic E-state index is -0.547. The van der Waals surface area contributed by atoms with E-state index >= 15 is 0 Å². The van der Waals surface area contributed by atoms with Gasteiger partial charge in [0.15, 0.2) is 5.75 Å². The number of H-pyrrole nitrogens is 1. The van der Waals surface area contributed by atoms with Crippen LogP contribution in [0.3, 0.4) is 0 Å². The number of hydrogen-bond acceptors (Lipinski definition) is 6. The number of hydrogen-bond donors (Lipinski definition) is 1. The highest BCUT2D eigenvalue weighted by Gasteiger charge is 2.40. The highest BCUT2D eigenvalue weighted by atomic mass is 35.5. The van der Waals surface area contributed by atoms with E-state index in [9.17, 15) is 14.4 Å². The molecule has 1 N–H and O–H groups in total. The molecule has 1 aromatic heterocycles. The summed E-state index contributed by atoms with van der Waals surface area (Å²) >= 11 is 6.47. The number of nitrogens with zero attached hydrogens (tertiary/aromatic N) is 2. The number of imide groups is 1. The highest BCUT2D eigenvalue weighted by Crippen LogP contribution is 2.47. The molecule has 2 aliphatic heterocycles. The number of aromatic amines is 1. The Morgan fingerprint density at radius 2 is 1.60 bits per heavy atom. The Hall–Kier alpha value is -5.02. The first-order valence-electron chi connectivity index (χ1n) is 13.7. The number of nitrogens with one attached hydrogen (secondary N) is 1. The maximum Gasteiger partial charge on any atom is 0.295 e. The third kappa shape index (κ3) is 3.95. The average molecular weight is 596 g/mol. The first-order valence-corrected chi connectivity index (χ1v) is 14.2. The van der Waals surface area contributed by atoms with E-state index in [2.05, 4.69) is 4.98 Å². The van der Waals surface area contributed by atoms with Gasteiger partial charge in [0.05, 0.1) is 36.6 Å². The Kier molecular flexibility index (Phi) is 6.28. The lowest BCUT2D eigenvalue weighted by molar-refractivity contribution is -0.0132. The number of ether oxygens (including phenoxy) is 2. The summed E-state index contributed by atoms with van der Waals surface area (Å²) < 4.78 is 11.2. The lowest BCUT2D eigenvalue weighted by Gasteiger charge is -2.21. The Morgan fingerprint density at radius 3 is 2.26 bits per heavy atom. The van der Waals surface area contributed by atoms with Gasteiger partial charge in [0, 0.05) is 40.7 Å². The molecule has 7 rings (SSSR count). The number of anilines is 1. The Morgan fingerprint density at radius 1 is 0.930 bits per heavy atom. The second kappa shape index (κ2) is 10.1. The van der Waals surface area contributed by atoms with Gasteiger partial charge in [-0.05, 0) is 42.1 Å². The van der Waals surface area contributed by atoms with Gasteiger partial charge in [-0.1, -0.05) is 41.5 Å². The molecule has 0 bridgehead atoms. The van der Waals surface area contributed by atoms with E-state index < -0.39 is 11.8 Å². The number of carbonyl (C=O) groups excluding carboxylic acids is 3. The number of halogens is 1. The van der Waals surface area contributed by atoms with Gasteiger partial charge in [-0.15, -0.1) is 11.6 Å². The topological polar surface area (TPSA) is 101 Å². The van der Waals surface area contributed by atoms with Gasteiger partial charge in [-0.25, -0.2) is 0 Å². The SMILES string of the molecule is COc1cc2cc(C(=O)N3C[C@@H](CCl)c4c3cc(ON3C(=O)c5ccccc5C3=O)c3ccccc43)[nH]c2c(OC)c1C. The molecule has 0 aliphatic carbocycles. The summed E-state index contributed by atoms with van der Waals surface area (Å²) in [6.45, 7) is 2.23. The summed E-state index contributed by atoms with van der Waals surface area (Å²) in [5, 5.41) is 3.06. The Bertz CT molecular complexity index is 1970. The normalized spacial score (nSPS) is 15.8. The molecular formula is C33H26ClN3O6. The van der Waals surface area contributed by atoms with E-state index in [0.717, 1.165) is 27.0 Å². The van der Waals surface area contributed by atoms with Gasteiger partial charge in [-0.3, -0.25) is 14.4 Å². The highest BCUT2D eigenvalue weighted by molar-refractivity contribution is 6.21. The second-order valence-electron chi connectivity index (χ2n) is 10.5. The summed E-state index contributed by atoms with van der Waals surface area (Å²) in [6, 6.07) is 19.5. The second-order valence-corrected chi connectivity index (χ2v) is 10.9. The van der Waals surface area contributed by atoms with Crippen LogP contribution in [-0.4, -0.2) is 54.4 Å². The van der Waals surface area contributed by atoms with E-state index in [4.69, 9.17) is 25.9 Å². The van der Waals surface area contributed by atoms with Crippen LogP contribution < -0.4 is 19.2 Å². The quantitative estimate of drug-likeness (QED) is 0.185. The number of methoxy groups -OCH3 is 2. The lowest BCUT2D eigenvalue weighted by Crippen LogP contribution is -2.33. The summed E-state index contributed by atoms with van der Waals surface area (Å²) in [6.07, 6.45) is 0. The molecule has 4 aromatic carbocycles. The van der Waals surface area contributed by atoms with Crippen LogP contribution in [0, 0.1) is 6.92 Å². The molecule has 0 radical (unpaired) electrons. The van der Waals surface area contributed by atoms with E-state index in [1.165, 1.54) is 0 Å². The fraction of sp³-hybridized carbons (Fsp3) is 0.182. The summed E-state index contributed by atoms with van der Waals surface area (Å²) in [5.41, 5.74) is 3.91. The molecule has 3 heterocycles. The third-order valence-electron chi connectivity index (χ3n) is 8.23. The lowest BCUT2D eigenvalue weighted by atomic mass is 9.95. The minimum absolute atomic E-state index is 0.153. The fourth-order valence-electron chi connectivity index (χ4n) is 6.20. The Balaban J connectivity index is 1.33. The molecule has 0 unspecified atom stereocenters. The number of amides is 3.